The van der Waals surface area contributed by atoms with Gasteiger partial charge >= 0.3 is 0 Å². The van der Waals surface area contributed by atoms with E-state index in [1.165, 1.54) is 24.3 Å². The Morgan fingerprint density at radius 2 is 1.73 bits per heavy atom. The van der Waals surface area contributed by atoms with Crippen LogP contribution >= 0.6 is 15.9 Å². The Kier molecular flexibility index (Phi) is 4.92. The first kappa shape index (κ1) is 17.0. The van der Waals surface area contributed by atoms with Gasteiger partial charge < -0.3 is 0 Å². The molecule has 0 aliphatic rings. The predicted octanol–water partition coefficient (Wildman–Crippen LogP) is 4.82. The third-order valence-corrected chi connectivity index (χ3v) is 5.59. The third kappa shape index (κ3) is 3.67. The second-order valence-corrected chi connectivity index (χ2v) is 7.91. The molecular formula is C16H17BrFNO2S. The lowest BCUT2D eigenvalue weighted by molar-refractivity contribution is 0.598. The maximum Gasteiger partial charge on any atom is 0.262 e. The van der Waals surface area contributed by atoms with Gasteiger partial charge in [-0.1, -0.05) is 29.8 Å². The van der Waals surface area contributed by atoms with Crippen molar-refractivity contribution in [1.82, 2.24) is 0 Å². The van der Waals surface area contributed by atoms with Gasteiger partial charge in [-0.2, -0.15) is 0 Å². The van der Waals surface area contributed by atoms with Gasteiger partial charge in [-0.3, -0.25) is 4.72 Å². The van der Waals surface area contributed by atoms with Gasteiger partial charge in [0.15, 0.2) is 0 Å². The minimum absolute atomic E-state index is 0.0525. The molecule has 22 heavy (non-hydrogen) atoms. The Hall–Kier alpha value is -1.40. The second-order valence-electron chi connectivity index (χ2n) is 5.41. The Morgan fingerprint density at radius 3 is 2.27 bits per heavy atom. The van der Waals surface area contributed by atoms with Crippen molar-refractivity contribution in [3.8, 4) is 0 Å². The summed E-state index contributed by atoms with van der Waals surface area (Å²) in [6.07, 6.45) is 0. The largest absolute Gasteiger partial charge is 0.280 e. The van der Waals surface area contributed by atoms with Crippen LogP contribution in [-0.2, 0) is 10.0 Å². The highest BCUT2D eigenvalue weighted by Crippen LogP contribution is 2.31. The number of benzene rings is 2. The van der Waals surface area contributed by atoms with E-state index >= 15 is 0 Å². The number of aryl methyl sites for hydroxylation is 1. The predicted molar refractivity (Wildman–Crippen MR) is 90.2 cm³/mol. The van der Waals surface area contributed by atoms with Crippen LogP contribution in [0.25, 0.3) is 0 Å². The first-order chi connectivity index (χ1) is 10.2. The zero-order valence-electron chi connectivity index (χ0n) is 12.5. The van der Waals surface area contributed by atoms with E-state index in [1.54, 1.807) is 6.07 Å². The van der Waals surface area contributed by atoms with E-state index in [0.29, 0.717) is 5.69 Å². The number of nitrogens with one attached hydrogen (secondary N) is 1. The summed E-state index contributed by atoms with van der Waals surface area (Å²) < 4.78 is 41.6. The van der Waals surface area contributed by atoms with Crippen molar-refractivity contribution in [1.29, 1.82) is 0 Å². The molecule has 0 fully saturated rings. The van der Waals surface area contributed by atoms with Gasteiger partial charge in [-0.25, -0.2) is 12.8 Å². The molecule has 0 spiro atoms. The summed E-state index contributed by atoms with van der Waals surface area (Å²) in [6.45, 7) is 5.72. The molecule has 0 amide bonds. The van der Waals surface area contributed by atoms with Crippen LogP contribution in [0.5, 0.6) is 0 Å². The number of rotatable bonds is 4. The summed E-state index contributed by atoms with van der Waals surface area (Å²) >= 11 is 3.43. The van der Waals surface area contributed by atoms with E-state index in [4.69, 9.17) is 0 Å². The van der Waals surface area contributed by atoms with E-state index in [0.717, 1.165) is 15.6 Å². The zero-order valence-corrected chi connectivity index (χ0v) is 14.9. The molecule has 0 aliphatic carbocycles. The van der Waals surface area contributed by atoms with Crippen LogP contribution in [0.4, 0.5) is 10.1 Å². The molecule has 0 aromatic heterocycles. The number of halogens is 2. The average molecular weight is 386 g/mol. The molecule has 118 valence electrons. The van der Waals surface area contributed by atoms with Crippen LogP contribution < -0.4 is 4.72 Å². The maximum absolute atomic E-state index is 12.9. The van der Waals surface area contributed by atoms with Gasteiger partial charge in [0.05, 0.1) is 4.90 Å². The molecule has 6 heteroatoms. The fraction of sp³-hybridized carbons (Fsp3) is 0.250. The highest BCUT2D eigenvalue weighted by atomic mass is 79.9. The molecule has 2 rings (SSSR count). The highest BCUT2D eigenvalue weighted by Gasteiger charge is 2.21. The molecule has 0 aliphatic heterocycles. The Balaban J connectivity index is 2.49. The van der Waals surface area contributed by atoms with Crippen LogP contribution in [0.15, 0.2) is 45.8 Å². The normalized spacial score (nSPS) is 11.7. The second kappa shape index (κ2) is 6.38. The molecule has 0 unspecified atom stereocenters. The van der Waals surface area contributed by atoms with Gasteiger partial charge in [0, 0.05) is 10.2 Å². The van der Waals surface area contributed by atoms with Crippen LogP contribution in [0.1, 0.15) is 30.9 Å². The fourth-order valence-corrected chi connectivity index (χ4v) is 3.94. The summed E-state index contributed by atoms with van der Waals surface area (Å²) in [5.41, 5.74) is 1.90. The summed E-state index contributed by atoms with van der Waals surface area (Å²) in [4.78, 5) is 0.243. The molecule has 0 heterocycles. The van der Waals surface area contributed by atoms with E-state index in [-0.39, 0.29) is 10.8 Å². The quantitative estimate of drug-likeness (QED) is 0.819. The lowest BCUT2D eigenvalue weighted by Crippen LogP contribution is -2.16. The zero-order chi connectivity index (χ0) is 16.5. The van der Waals surface area contributed by atoms with Gasteiger partial charge in [-0.05, 0) is 60.4 Å². The molecule has 0 radical (unpaired) electrons. The van der Waals surface area contributed by atoms with Crippen LogP contribution in [0.3, 0.4) is 0 Å². The minimum atomic E-state index is -3.73. The molecule has 0 saturated carbocycles. The summed E-state index contributed by atoms with van der Waals surface area (Å²) in [5.74, 6) is -0.359. The number of anilines is 1. The molecule has 2 aromatic rings. The summed E-state index contributed by atoms with van der Waals surface area (Å²) in [5, 5.41) is 0. The lowest BCUT2D eigenvalue weighted by atomic mass is 10.0. The first-order valence-electron chi connectivity index (χ1n) is 6.79. The average Bonchev–Trinajstić information content (AvgIpc) is 2.43. The van der Waals surface area contributed by atoms with Gasteiger partial charge in [0.1, 0.15) is 5.82 Å². The lowest BCUT2D eigenvalue weighted by Gasteiger charge is -2.16. The summed E-state index contributed by atoms with van der Waals surface area (Å²) in [7, 11) is -3.73. The van der Waals surface area contributed by atoms with Crippen molar-refractivity contribution in [3.63, 3.8) is 0 Å². The molecule has 0 saturated heterocycles. The maximum atomic E-state index is 12.9. The highest BCUT2D eigenvalue weighted by molar-refractivity contribution is 9.10. The van der Waals surface area contributed by atoms with Crippen molar-refractivity contribution >= 4 is 31.6 Å². The first-order valence-corrected chi connectivity index (χ1v) is 9.07. The van der Waals surface area contributed by atoms with Crippen LogP contribution in [0, 0.1) is 12.7 Å². The van der Waals surface area contributed by atoms with Gasteiger partial charge in [-0.15, -0.1) is 0 Å². The van der Waals surface area contributed by atoms with E-state index in [1.807, 2.05) is 26.8 Å². The van der Waals surface area contributed by atoms with Crippen molar-refractivity contribution < 1.29 is 12.8 Å². The van der Waals surface area contributed by atoms with Gasteiger partial charge in [0.25, 0.3) is 10.0 Å². The molecule has 1 N–H and O–H groups in total. The smallest absolute Gasteiger partial charge is 0.262 e. The molecule has 3 nitrogen and oxygen atoms in total. The molecule has 2 aromatic carbocycles. The Morgan fingerprint density at radius 1 is 1.14 bits per heavy atom. The number of hydrogen-bond acceptors (Lipinski definition) is 2. The van der Waals surface area contributed by atoms with Crippen molar-refractivity contribution in [2.45, 2.75) is 31.6 Å². The SMILES string of the molecule is Cc1cc(S(=O)(=O)Nc2ccc(F)cc2)c(C(C)C)cc1Br. The van der Waals surface area contributed by atoms with Crippen molar-refractivity contribution in [2.24, 2.45) is 0 Å². The van der Waals surface area contributed by atoms with Gasteiger partial charge in [0.2, 0.25) is 0 Å². The minimum Gasteiger partial charge on any atom is -0.280 e. The number of sulfonamides is 1. The summed E-state index contributed by atoms with van der Waals surface area (Å²) in [6, 6.07) is 8.70. The topological polar surface area (TPSA) is 46.2 Å². The molecule has 0 atom stereocenters. The van der Waals surface area contributed by atoms with E-state index in [2.05, 4.69) is 20.7 Å². The van der Waals surface area contributed by atoms with Crippen LogP contribution in [0.2, 0.25) is 0 Å². The standard InChI is InChI=1S/C16H17BrFNO2S/c1-10(2)14-9-15(17)11(3)8-16(14)22(20,21)19-13-6-4-12(18)5-7-13/h4-10,19H,1-3H3. The van der Waals surface area contributed by atoms with E-state index in [9.17, 15) is 12.8 Å². The van der Waals surface area contributed by atoms with Crippen LogP contribution in [-0.4, -0.2) is 8.42 Å². The molecular weight excluding hydrogens is 369 g/mol. The van der Waals surface area contributed by atoms with Crippen molar-refractivity contribution in [2.75, 3.05) is 4.72 Å². The Bertz CT molecular complexity index is 787. The monoisotopic (exact) mass is 385 g/mol. The van der Waals surface area contributed by atoms with Crippen molar-refractivity contribution in [3.05, 3.63) is 57.8 Å². The Labute approximate surface area is 138 Å². The number of hydrogen-bond donors (Lipinski definition) is 1. The third-order valence-electron chi connectivity index (χ3n) is 3.30. The molecule has 0 bridgehead atoms. The van der Waals surface area contributed by atoms with E-state index < -0.39 is 15.8 Å². The fourth-order valence-electron chi connectivity index (χ4n) is 2.08.